The van der Waals surface area contributed by atoms with Crippen LogP contribution in [0.25, 0.3) is 0 Å². The first-order valence-corrected chi connectivity index (χ1v) is 4.78. The fraction of sp³-hybridized carbons (Fsp3) is 0.333. The van der Waals surface area contributed by atoms with Crippen molar-refractivity contribution < 1.29 is 22.3 Å². The third kappa shape index (κ3) is 3.81. The quantitative estimate of drug-likeness (QED) is 0.655. The maximum atomic E-state index is 12.5. The highest BCUT2D eigenvalue weighted by Crippen LogP contribution is 2.24. The molecule has 0 spiro atoms. The van der Waals surface area contributed by atoms with E-state index in [1.165, 1.54) is 12.1 Å². The molecule has 1 heterocycles. The molecule has 0 saturated heterocycles. The molecule has 0 aliphatic rings. The van der Waals surface area contributed by atoms with E-state index in [1.807, 2.05) is 0 Å². The summed E-state index contributed by atoms with van der Waals surface area (Å²) in [7, 11) is 0. The van der Waals surface area contributed by atoms with Crippen molar-refractivity contribution in [1.29, 1.82) is 0 Å². The van der Waals surface area contributed by atoms with Crippen LogP contribution in [0.3, 0.4) is 0 Å². The summed E-state index contributed by atoms with van der Waals surface area (Å²) < 4.78 is 53.1. The predicted molar refractivity (Wildman–Crippen MR) is 56.6 cm³/mol. The summed E-state index contributed by atoms with van der Waals surface area (Å²) in [6.07, 6.45) is -2.69. The van der Waals surface area contributed by atoms with Crippen LogP contribution in [0.5, 0.6) is 5.75 Å². The monoisotopic (exact) mass is 268 g/mol. The predicted octanol–water partition coefficient (Wildman–Crippen LogP) is 1.99. The molecule has 1 aromatic rings. The largest absolute Gasteiger partial charge is 0.485 e. The molecule has 1 rings (SSSR count). The average molecular weight is 268 g/mol. The van der Waals surface area contributed by atoms with Crippen molar-refractivity contribution in [2.24, 2.45) is 5.73 Å². The molecule has 0 fully saturated rings. The van der Waals surface area contributed by atoms with Gasteiger partial charge in [0.15, 0.2) is 6.61 Å². The lowest BCUT2D eigenvalue weighted by atomic mass is 10.3. The SMILES string of the molecule is NC(=S)c1ccc(OCC(F)(F)C(F)F)cn1. The van der Waals surface area contributed by atoms with Gasteiger partial charge in [0.1, 0.15) is 10.7 Å². The maximum absolute atomic E-state index is 12.5. The molecular formula is C9H8F4N2OS. The molecule has 0 aliphatic heterocycles. The van der Waals surface area contributed by atoms with Crippen LogP contribution in [-0.4, -0.2) is 28.9 Å². The molecule has 2 N–H and O–H groups in total. The van der Waals surface area contributed by atoms with E-state index in [0.717, 1.165) is 6.20 Å². The topological polar surface area (TPSA) is 48.1 Å². The number of hydrogen-bond acceptors (Lipinski definition) is 3. The Hall–Kier alpha value is -1.44. The Morgan fingerprint density at radius 3 is 2.53 bits per heavy atom. The zero-order chi connectivity index (χ0) is 13.1. The van der Waals surface area contributed by atoms with Gasteiger partial charge in [0.05, 0.1) is 11.9 Å². The van der Waals surface area contributed by atoms with E-state index in [4.69, 9.17) is 5.73 Å². The van der Waals surface area contributed by atoms with Gasteiger partial charge in [-0.05, 0) is 12.1 Å². The second-order valence-corrected chi connectivity index (χ2v) is 3.53. The Balaban J connectivity index is 2.62. The van der Waals surface area contributed by atoms with Crippen molar-refractivity contribution in [1.82, 2.24) is 4.98 Å². The second kappa shape index (κ2) is 5.26. The van der Waals surface area contributed by atoms with Gasteiger partial charge in [0.2, 0.25) is 0 Å². The molecule has 0 aromatic carbocycles. The third-order valence-electron chi connectivity index (χ3n) is 1.74. The summed E-state index contributed by atoms with van der Waals surface area (Å²) in [5.41, 5.74) is 5.54. The standard InChI is InChI=1S/C9H8F4N2OS/c10-8(11)9(12,13)4-16-5-1-2-6(7(14)17)15-3-5/h1-3,8H,4H2,(H2,14,17). The number of ether oxygens (including phenoxy) is 1. The Kier molecular flexibility index (Phi) is 4.22. The number of aromatic nitrogens is 1. The van der Waals surface area contributed by atoms with Gasteiger partial charge >= 0.3 is 12.3 Å². The maximum Gasteiger partial charge on any atom is 0.340 e. The molecule has 0 unspecified atom stereocenters. The van der Waals surface area contributed by atoms with Gasteiger partial charge in [-0.2, -0.15) is 8.78 Å². The molecule has 0 radical (unpaired) electrons. The normalized spacial score (nSPS) is 11.6. The van der Waals surface area contributed by atoms with Crippen molar-refractivity contribution >= 4 is 17.2 Å². The number of nitrogens with zero attached hydrogens (tertiary/aromatic N) is 1. The van der Waals surface area contributed by atoms with Gasteiger partial charge in [-0.3, -0.25) is 0 Å². The van der Waals surface area contributed by atoms with E-state index in [2.05, 4.69) is 21.9 Å². The first-order chi connectivity index (χ1) is 7.83. The van der Waals surface area contributed by atoms with E-state index in [1.54, 1.807) is 0 Å². The number of thiocarbonyl (C=S) groups is 1. The minimum Gasteiger partial charge on any atom is -0.485 e. The molecule has 8 heteroatoms. The van der Waals surface area contributed by atoms with Crippen molar-refractivity contribution in [2.75, 3.05) is 6.61 Å². The smallest absolute Gasteiger partial charge is 0.340 e. The molecule has 3 nitrogen and oxygen atoms in total. The van der Waals surface area contributed by atoms with Gasteiger partial charge < -0.3 is 10.5 Å². The molecule has 0 amide bonds. The molecule has 0 aliphatic carbocycles. The fourth-order valence-corrected chi connectivity index (χ4v) is 0.975. The lowest BCUT2D eigenvalue weighted by Crippen LogP contribution is -2.33. The lowest BCUT2D eigenvalue weighted by molar-refractivity contribution is -0.148. The van der Waals surface area contributed by atoms with E-state index in [0.29, 0.717) is 0 Å². The molecule has 17 heavy (non-hydrogen) atoms. The zero-order valence-corrected chi connectivity index (χ0v) is 9.19. The summed E-state index contributed by atoms with van der Waals surface area (Å²) in [5.74, 6) is -4.26. The van der Waals surface area contributed by atoms with Gasteiger partial charge in [0.25, 0.3) is 0 Å². The van der Waals surface area contributed by atoms with Crippen molar-refractivity contribution in [3.05, 3.63) is 24.0 Å². The fourth-order valence-electron chi connectivity index (χ4n) is 0.854. The van der Waals surface area contributed by atoms with Gasteiger partial charge in [-0.25, -0.2) is 13.8 Å². The van der Waals surface area contributed by atoms with Gasteiger partial charge in [-0.15, -0.1) is 0 Å². The molecule has 0 bridgehead atoms. The van der Waals surface area contributed by atoms with Crippen LogP contribution in [0.2, 0.25) is 0 Å². The molecule has 94 valence electrons. The Morgan fingerprint density at radius 1 is 1.47 bits per heavy atom. The summed E-state index contributed by atoms with van der Waals surface area (Å²) in [6, 6.07) is 2.61. The summed E-state index contributed by atoms with van der Waals surface area (Å²) in [5, 5.41) is 0. The number of alkyl halides is 4. The number of pyridine rings is 1. The third-order valence-corrected chi connectivity index (χ3v) is 1.95. The van der Waals surface area contributed by atoms with E-state index >= 15 is 0 Å². The number of rotatable bonds is 5. The van der Waals surface area contributed by atoms with Crippen LogP contribution >= 0.6 is 12.2 Å². The minimum absolute atomic E-state index is 0.0365. The van der Waals surface area contributed by atoms with E-state index in [9.17, 15) is 17.6 Å². The minimum atomic E-state index is -4.19. The van der Waals surface area contributed by atoms with Crippen LogP contribution in [-0.2, 0) is 0 Å². The highest BCUT2D eigenvalue weighted by atomic mass is 32.1. The average Bonchev–Trinajstić information content (AvgIpc) is 2.27. The van der Waals surface area contributed by atoms with Gasteiger partial charge in [-0.1, -0.05) is 12.2 Å². The summed E-state index contributed by atoms with van der Waals surface area (Å²) in [4.78, 5) is 3.74. The van der Waals surface area contributed by atoms with Crippen molar-refractivity contribution in [3.63, 3.8) is 0 Å². The van der Waals surface area contributed by atoms with Crippen LogP contribution in [0.4, 0.5) is 17.6 Å². The molecule has 0 saturated carbocycles. The first kappa shape index (κ1) is 13.6. The van der Waals surface area contributed by atoms with Crippen LogP contribution in [0, 0.1) is 0 Å². The summed E-state index contributed by atoms with van der Waals surface area (Å²) >= 11 is 4.62. The summed E-state index contributed by atoms with van der Waals surface area (Å²) in [6.45, 7) is -1.42. The van der Waals surface area contributed by atoms with Crippen LogP contribution in [0.1, 0.15) is 5.69 Å². The number of nitrogens with two attached hydrogens (primary N) is 1. The van der Waals surface area contributed by atoms with Crippen molar-refractivity contribution in [2.45, 2.75) is 12.3 Å². The second-order valence-electron chi connectivity index (χ2n) is 3.09. The Morgan fingerprint density at radius 2 is 2.12 bits per heavy atom. The van der Waals surface area contributed by atoms with E-state index in [-0.39, 0.29) is 16.4 Å². The zero-order valence-electron chi connectivity index (χ0n) is 8.37. The number of halogens is 4. The highest BCUT2D eigenvalue weighted by Gasteiger charge is 2.41. The molecule has 1 aromatic heterocycles. The Labute approximate surface area is 99.6 Å². The van der Waals surface area contributed by atoms with Crippen LogP contribution in [0.15, 0.2) is 18.3 Å². The number of hydrogen-bond donors (Lipinski definition) is 1. The molecular weight excluding hydrogens is 260 g/mol. The van der Waals surface area contributed by atoms with Gasteiger partial charge in [0, 0.05) is 0 Å². The Bertz CT molecular complexity index is 396. The first-order valence-electron chi connectivity index (χ1n) is 4.37. The van der Waals surface area contributed by atoms with Crippen molar-refractivity contribution in [3.8, 4) is 5.75 Å². The lowest BCUT2D eigenvalue weighted by Gasteiger charge is -2.15. The van der Waals surface area contributed by atoms with E-state index < -0.39 is 19.0 Å². The highest BCUT2D eigenvalue weighted by molar-refractivity contribution is 7.80. The molecule has 0 atom stereocenters. The van der Waals surface area contributed by atoms with Crippen LogP contribution < -0.4 is 10.5 Å².